The molecule has 12 aromatic rings. The molecule has 0 N–H and O–H groups in total. The van der Waals surface area contributed by atoms with Crippen molar-refractivity contribution >= 4 is 65.6 Å². The molecular weight excluding hydrogens is 687 g/mol. The maximum atomic E-state index is 6.40. The first kappa shape index (κ1) is 30.7. The SMILES string of the molecule is c1ccc(-c2nc(-c3ccccc3)n(-c3cccc4c5ccccc5n(-c5ccccc5-n5c6ccccc6c6c7c(ccc65)oc5ccccc57)c34)n2)cc1. The lowest BCUT2D eigenvalue weighted by molar-refractivity contribution is 0.669. The van der Waals surface area contributed by atoms with Crippen molar-refractivity contribution in [3.8, 4) is 39.8 Å². The number of rotatable bonds is 5. The molecule has 0 unspecified atom stereocenters. The summed E-state index contributed by atoms with van der Waals surface area (Å²) >= 11 is 0. The highest BCUT2D eigenvalue weighted by atomic mass is 16.3. The average Bonchev–Trinajstić information content (AvgIpc) is 4.04. The van der Waals surface area contributed by atoms with Gasteiger partial charge < -0.3 is 13.6 Å². The summed E-state index contributed by atoms with van der Waals surface area (Å²) in [5.74, 6) is 1.45. The van der Waals surface area contributed by atoms with Gasteiger partial charge in [0.1, 0.15) is 11.2 Å². The molecular formula is C50H31N5O. The number of hydrogen-bond acceptors (Lipinski definition) is 3. The quantitative estimate of drug-likeness (QED) is 0.178. The number of hydrogen-bond donors (Lipinski definition) is 0. The van der Waals surface area contributed by atoms with E-state index in [1.807, 2.05) is 35.0 Å². The van der Waals surface area contributed by atoms with E-state index in [4.69, 9.17) is 14.5 Å². The molecule has 0 saturated carbocycles. The number of aromatic nitrogens is 5. The Morgan fingerprint density at radius 3 is 1.75 bits per heavy atom. The summed E-state index contributed by atoms with van der Waals surface area (Å²) in [6.45, 7) is 0. The fourth-order valence-corrected chi connectivity index (χ4v) is 8.76. The number of fused-ring (bicyclic) bond motifs is 10. The molecule has 0 radical (unpaired) electrons. The van der Waals surface area contributed by atoms with Gasteiger partial charge in [-0.15, -0.1) is 5.10 Å². The third kappa shape index (κ3) is 4.38. The Hall–Kier alpha value is -7.70. The zero-order valence-corrected chi connectivity index (χ0v) is 30.0. The smallest absolute Gasteiger partial charge is 0.182 e. The molecule has 0 saturated heterocycles. The van der Waals surface area contributed by atoms with Crippen LogP contribution in [0.3, 0.4) is 0 Å². The molecule has 4 heterocycles. The van der Waals surface area contributed by atoms with Gasteiger partial charge in [-0.2, -0.15) is 0 Å². The molecule has 0 spiro atoms. The summed E-state index contributed by atoms with van der Waals surface area (Å²) in [4.78, 5) is 5.19. The molecule has 0 bridgehead atoms. The molecule has 0 aliphatic heterocycles. The van der Waals surface area contributed by atoms with E-state index in [9.17, 15) is 0 Å². The fourth-order valence-electron chi connectivity index (χ4n) is 8.76. The van der Waals surface area contributed by atoms with Crippen LogP contribution in [0.1, 0.15) is 0 Å². The Balaban J connectivity index is 1.19. The lowest BCUT2D eigenvalue weighted by Crippen LogP contribution is -2.06. The maximum Gasteiger partial charge on any atom is 0.182 e. The minimum Gasteiger partial charge on any atom is -0.456 e. The molecule has 262 valence electrons. The van der Waals surface area contributed by atoms with Crippen molar-refractivity contribution in [2.45, 2.75) is 0 Å². The maximum absolute atomic E-state index is 6.40. The molecule has 0 aliphatic carbocycles. The van der Waals surface area contributed by atoms with Crippen LogP contribution in [0.2, 0.25) is 0 Å². The van der Waals surface area contributed by atoms with Gasteiger partial charge in [-0.25, -0.2) is 9.67 Å². The average molecular weight is 718 g/mol. The zero-order chi connectivity index (χ0) is 36.7. The van der Waals surface area contributed by atoms with Crippen LogP contribution < -0.4 is 0 Å². The lowest BCUT2D eigenvalue weighted by Gasteiger charge is -2.18. The summed E-state index contributed by atoms with van der Waals surface area (Å²) in [6, 6.07) is 65.9. The van der Waals surface area contributed by atoms with Crippen LogP contribution in [0.5, 0.6) is 0 Å². The largest absolute Gasteiger partial charge is 0.456 e. The standard InChI is InChI=1S/C50H31N5O/c1-3-16-32(17-4-1)49-51-50(33-18-5-2-6-19-33)55(52-49)43-28-15-23-35-34-20-7-10-24-38(34)54(48(35)43)41-27-13-12-26-40(41)53-39-25-11-8-21-36(39)46-42(53)30-31-45-47(46)37-22-9-14-29-44(37)56-45/h1-31H. The van der Waals surface area contributed by atoms with Crippen LogP contribution in [0.4, 0.5) is 0 Å². The lowest BCUT2D eigenvalue weighted by atomic mass is 10.1. The fraction of sp³-hybridized carbons (Fsp3) is 0. The Kier molecular flexibility index (Phi) is 6.53. The van der Waals surface area contributed by atoms with Gasteiger partial charge >= 0.3 is 0 Å². The van der Waals surface area contributed by atoms with Gasteiger partial charge in [0.2, 0.25) is 0 Å². The van der Waals surface area contributed by atoms with E-state index in [0.29, 0.717) is 5.82 Å². The van der Waals surface area contributed by atoms with Gasteiger partial charge in [-0.1, -0.05) is 140 Å². The molecule has 12 rings (SSSR count). The van der Waals surface area contributed by atoms with E-state index in [1.54, 1.807) is 0 Å². The first-order valence-corrected chi connectivity index (χ1v) is 18.9. The Morgan fingerprint density at radius 1 is 0.375 bits per heavy atom. The van der Waals surface area contributed by atoms with Crippen molar-refractivity contribution < 1.29 is 4.42 Å². The zero-order valence-electron chi connectivity index (χ0n) is 30.0. The predicted molar refractivity (Wildman–Crippen MR) is 228 cm³/mol. The second-order valence-corrected chi connectivity index (χ2v) is 14.2. The van der Waals surface area contributed by atoms with Crippen LogP contribution >= 0.6 is 0 Å². The predicted octanol–water partition coefficient (Wildman–Crippen LogP) is 12.7. The molecule has 8 aromatic carbocycles. The highest BCUT2D eigenvalue weighted by molar-refractivity contribution is 6.27. The van der Waals surface area contributed by atoms with E-state index in [-0.39, 0.29) is 0 Å². The summed E-state index contributed by atoms with van der Waals surface area (Å²) in [5, 5.41) is 12.2. The van der Waals surface area contributed by atoms with E-state index in [1.165, 1.54) is 10.8 Å². The first-order chi connectivity index (χ1) is 27.8. The van der Waals surface area contributed by atoms with Gasteiger partial charge in [0.15, 0.2) is 11.6 Å². The molecule has 56 heavy (non-hydrogen) atoms. The summed E-state index contributed by atoms with van der Waals surface area (Å²) in [7, 11) is 0. The van der Waals surface area contributed by atoms with Crippen molar-refractivity contribution in [3.05, 3.63) is 188 Å². The van der Waals surface area contributed by atoms with E-state index in [0.717, 1.165) is 88.8 Å². The van der Waals surface area contributed by atoms with Crippen molar-refractivity contribution in [1.29, 1.82) is 0 Å². The highest BCUT2D eigenvalue weighted by Crippen LogP contribution is 2.44. The number of para-hydroxylation sites is 6. The van der Waals surface area contributed by atoms with Crippen molar-refractivity contribution in [2.24, 2.45) is 0 Å². The van der Waals surface area contributed by atoms with Crippen molar-refractivity contribution in [3.63, 3.8) is 0 Å². The number of furan rings is 1. The van der Waals surface area contributed by atoms with E-state index in [2.05, 4.69) is 167 Å². The Morgan fingerprint density at radius 2 is 0.964 bits per heavy atom. The van der Waals surface area contributed by atoms with Gasteiger partial charge in [0, 0.05) is 43.4 Å². The summed E-state index contributed by atoms with van der Waals surface area (Å²) < 4.78 is 13.3. The monoisotopic (exact) mass is 717 g/mol. The summed E-state index contributed by atoms with van der Waals surface area (Å²) in [6.07, 6.45) is 0. The van der Waals surface area contributed by atoms with Crippen LogP contribution in [0.15, 0.2) is 192 Å². The third-order valence-electron chi connectivity index (χ3n) is 11.1. The molecule has 4 aromatic heterocycles. The molecule has 6 nitrogen and oxygen atoms in total. The van der Waals surface area contributed by atoms with Gasteiger partial charge in [-0.05, 0) is 48.5 Å². The second-order valence-electron chi connectivity index (χ2n) is 14.2. The minimum absolute atomic E-state index is 0.674. The Labute approximate surface area is 320 Å². The topological polar surface area (TPSA) is 53.7 Å². The molecule has 0 aliphatic rings. The molecule has 6 heteroatoms. The highest BCUT2D eigenvalue weighted by Gasteiger charge is 2.24. The van der Waals surface area contributed by atoms with Crippen molar-refractivity contribution in [2.75, 3.05) is 0 Å². The second kappa shape index (κ2) is 11.9. The van der Waals surface area contributed by atoms with Crippen LogP contribution in [-0.4, -0.2) is 23.9 Å². The van der Waals surface area contributed by atoms with Crippen LogP contribution in [0, 0.1) is 0 Å². The molecule has 0 atom stereocenters. The van der Waals surface area contributed by atoms with Crippen molar-refractivity contribution in [1.82, 2.24) is 23.9 Å². The third-order valence-corrected chi connectivity index (χ3v) is 11.1. The Bertz CT molecular complexity index is 3480. The number of nitrogens with zero attached hydrogens (tertiary/aromatic N) is 5. The first-order valence-electron chi connectivity index (χ1n) is 18.9. The normalized spacial score (nSPS) is 11.9. The molecule has 0 amide bonds. The minimum atomic E-state index is 0.674. The van der Waals surface area contributed by atoms with Gasteiger partial charge in [0.05, 0.1) is 39.1 Å². The van der Waals surface area contributed by atoms with Gasteiger partial charge in [-0.3, -0.25) is 0 Å². The van der Waals surface area contributed by atoms with E-state index < -0.39 is 0 Å². The van der Waals surface area contributed by atoms with Crippen LogP contribution in [-0.2, 0) is 0 Å². The van der Waals surface area contributed by atoms with Crippen LogP contribution in [0.25, 0.3) is 105 Å². The summed E-state index contributed by atoms with van der Waals surface area (Å²) in [5.41, 5.74) is 11.2. The van der Waals surface area contributed by atoms with Gasteiger partial charge in [0.25, 0.3) is 0 Å². The van der Waals surface area contributed by atoms with E-state index >= 15 is 0 Å². The number of benzene rings is 8. The molecule has 0 fully saturated rings.